The Morgan fingerprint density at radius 2 is 2.15 bits per heavy atom. The van der Waals surface area contributed by atoms with Gasteiger partial charge in [-0.3, -0.25) is 0 Å². The van der Waals surface area contributed by atoms with E-state index in [4.69, 9.17) is 14.4 Å². The second kappa shape index (κ2) is 5.97. The summed E-state index contributed by atoms with van der Waals surface area (Å²) in [5.74, 6) is -1.00. The van der Waals surface area contributed by atoms with Crippen LogP contribution in [0.5, 0.6) is 0 Å². The maximum absolute atomic E-state index is 14.2. The number of fused-ring (bicyclic) bond motifs is 1. The number of carbonyl (C=O) groups is 1. The third-order valence-corrected chi connectivity index (χ3v) is 4.08. The zero-order valence-corrected chi connectivity index (χ0v) is 13.2. The Balaban J connectivity index is 1.77. The van der Waals surface area contributed by atoms with Crippen molar-refractivity contribution in [2.45, 2.75) is 12.5 Å². The molecule has 0 fully saturated rings. The molecule has 3 heterocycles. The minimum atomic E-state index is -0.871. The monoisotopic (exact) mass is 351 g/mol. The van der Waals surface area contributed by atoms with Gasteiger partial charge in [0.25, 0.3) is 0 Å². The van der Waals surface area contributed by atoms with Gasteiger partial charge in [-0.2, -0.15) is 10.2 Å². The van der Waals surface area contributed by atoms with E-state index in [1.54, 1.807) is 12.1 Å². The van der Waals surface area contributed by atoms with Gasteiger partial charge in [0.15, 0.2) is 5.76 Å². The predicted molar refractivity (Wildman–Crippen MR) is 85.5 cm³/mol. The highest BCUT2D eigenvalue weighted by Crippen LogP contribution is 2.36. The third-order valence-electron chi connectivity index (χ3n) is 4.08. The number of hydrogen-bond acceptors (Lipinski definition) is 6. The van der Waals surface area contributed by atoms with Gasteiger partial charge in [0.1, 0.15) is 23.2 Å². The van der Waals surface area contributed by atoms with Crippen molar-refractivity contribution in [2.75, 3.05) is 0 Å². The van der Waals surface area contributed by atoms with E-state index in [9.17, 15) is 14.0 Å². The van der Waals surface area contributed by atoms with E-state index >= 15 is 0 Å². The van der Waals surface area contributed by atoms with Crippen LogP contribution >= 0.6 is 0 Å². The van der Waals surface area contributed by atoms with E-state index in [2.05, 4.69) is 9.97 Å². The topological polar surface area (TPSA) is 109 Å². The molecule has 0 saturated carbocycles. The lowest BCUT2D eigenvalue weighted by Crippen LogP contribution is -2.17. The summed E-state index contributed by atoms with van der Waals surface area (Å²) in [5.41, 5.74) is 0.184. The number of aromatic amines is 1. The van der Waals surface area contributed by atoms with Crippen molar-refractivity contribution < 1.29 is 18.3 Å². The number of furan rings is 1. The van der Waals surface area contributed by atoms with Gasteiger partial charge in [0.2, 0.25) is 0 Å². The minimum absolute atomic E-state index is 0.00777. The average Bonchev–Trinajstić information content (AvgIpc) is 3.25. The molecule has 8 heteroatoms. The van der Waals surface area contributed by atoms with Gasteiger partial charge in [-0.25, -0.2) is 14.0 Å². The molecule has 0 aliphatic carbocycles. The molecular formula is C18H10FN3O4. The lowest BCUT2D eigenvalue weighted by molar-refractivity contribution is 0.0380. The first kappa shape index (κ1) is 15.8. The maximum Gasteiger partial charge on any atom is 0.345 e. The van der Waals surface area contributed by atoms with Crippen molar-refractivity contribution in [1.29, 1.82) is 5.26 Å². The number of esters is 1. The number of cyclic esters (lactones) is 1. The fourth-order valence-electron chi connectivity index (χ4n) is 2.90. The van der Waals surface area contributed by atoms with Gasteiger partial charge in [0, 0.05) is 6.42 Å². The normalized spacial score (nSPS) is 15.4. The molecular weight excluding hydrogens is 341 g/mol. The first-order valence-corrected chi connectivity index (χ1v) is 7.64. The largest absolute Gasteiger partial charge is 0.463 e. The lowest BCUT2D eigenvalue weighted by atomic mass is 10.0. The van der Waals surface area contributed by atoms with Gasteiger partial charge in [-0.05, 0) is 29.8 Å². The van der Waals surface area contributed by atoms with Crippen molar-refractivity contribution in [1.82, 2.24) is 9.97 Å². The summed E-state index contributed by atoms with van der Waals surface area (Å²) >= 11 is 0. The van der Waals surface area contributed by atoms with Crippen LogP contribution in [-0.2, 0) is 11.2 Å². The summed E-state index contributed by atoms with van der Waals surface area (Å²) in [6.45, 7) is 0. The molecule has 1 aliphatic rings. The predicted octanol–water partition coefficient (Wildman–Crippen LogP) is 2.49. The van der Waals surface area contributed by atoms with Crippen LogP contribution in [0.1, 0.15) is 33.3 Å². The first-order valence-electron chi connectivity index (χ1n) is 7.64. The Kier molecular flexibility index (Phi) is 3.62. The van der Waals surface area contributed by atoms with Crippen molar-refractivity contribution in [3.05, 3.63) is 75.3 Å². The zero-order chi connectivity index (χ0) is 18.3. The number of nitrogens with one attached hydrogen (secondary N) is 1. The van der Waals surface area contributed by atoms with Gasteiger partial charge in [0.05, 0.1) is 23.6 Å². The van der Waals surface area contributed by atoms with E-state index in [0.717, 1.165) is 6.07 Å². The molecule has 1 atom stereocenters. The molecule has 0 bridgehead atoms. The molecule has 0 amide bonds. The van der Waals surface area contributed by atoms with Crippen LogP contribution in [0.4, 0.5) is 4.39 Å². The number of nitriles is 1. The van der Waals surface area contributed by atoms with Crippen LogP contribution in [0.25, 0.3) is 11.5 Å². The Hall–Kier alpha value is -3.73. The highest BCUT2D eigenvalue weighted by molar-refractivity contribution is 5.99. The number of nitrogens with zero attached hydrogens (tertiary/aromatic N) is 2. The fourth-order valence-corrected chi connectivity index (χ4v) is 2.90. The first-order chi connectivity index (χ1) is 12.6. The van der Waals surface area contributed by atoms with Crippen molar-refractivity contribution in [3.8, 4) is 17.5 Å². The van der Waals surface area contributed by atoms with Gasteiger partial charge in [-0.15, -0.1) is 0 Å². The Morgan fingerprint density at radius 3 is 2.85 bits per heavy atom. The molecule has 1 aromatic carbocycles. The molecule has 1 unspecified atom stereocenters. The standard InChI is InChI=1S/C18H10FN3O4/c19-11-6-9(8-20)3-4-10(11)7-13-16-14(17(23)26-13)15(21-18(24)22-16)12-2-1-5-25-12/h1-6,13H,7H2,(H,21,22,24). The quantitative estimate of drug-likeness (QED) is 0.726. The summed E-state index contributed by atoms with van der Waals surface area (Å²) in [4.78, 5) is 30.5. The molecule has 128 valence electrons. The number of aromatic nitrogens is 2. The third kappa shape index (κ3) is 2.56. The number of ether oxygens (including phenoxy) is 1. The molecule has 3 aromatic rings. The molecule has 0 saturated heterocycles. The molecule has 2 aromatic heterocycles. The summed E-state index contributed by atoms with van der Waals surface area (Å²) < 4.78 is 24.7. The average molecular weight is 351 g/mol. The second-order valence-electron chi connectivity index (χ2n) is 5.67. The summed E-state index contributed by atoms with van der Waals surface area (Å²) in [5, 5.41) is 8.81. The lowest BCUT2D eigenvalue weighted by Gasteiger charge is -2.11. The van der Waals surface area contributed by atoms with Crippen LogP contribution in [0, 0.1) is 17.1 Å². The van der Waals surface area contributed by atoms with Crippen LogP contribution < -0.4 is 5.69 Å². The number of H-pyrrole nitrogens is 1. The Bertz CT molecular complexity index is 1110. The van der Waals surface area contributed by atoms with E-state index in [-0.39, 0.29) is 40.3 Å². The highest BCUT2D eigenvalue weighted by atomic mass is 19.1. The number of halogens is 1. The van der Waals surface area contributed by atoms with Crippen LogP contribution in [0.3, 0.4) is 0 Å². The van der Waals surface area contributed by atoms with E-state index in [1.807, 2.05) is 6.07 Å². The van der Waals surface area contributed by atoms with E-state index < -0.39 is 23.6 Å². The molecule has 4 rings (SSSR count). The zero-order valence-electron chi connectivity index (χ0n) is 13.2. The number of hydrogen-bond donors (Lipinski definition) is 1. The van der Waals surface area contributed by atoms with Gasteiger partial charge in [-0.1, -0.05) is 6.07 Å². The van der Waals surface area contributed by atoms with E-state index in [1.165, 1.54) is 18.4 Å². The summed E-state index contributed by atoms with van der Waals surface area (Å²) in [7, 11) is 0. The van der Waals surface area contributed by atoms with Crippen molar-refractivity contribution in [2.24, 2.45) is 0 Å². The van der Waals surface area contributed by atoms with Crippen LogP contribution in [0.15, 0.2) is 45.8 Å². The molecule has 0 radical (unpaired) electrons. The van der Waals surface area contributed by atoms with Crippen molar-refractivity contribution >= 4 is 5.97 Å². The van der Waals surface area contributed by atoms with Gasteiger partial charge < -0.3 is 14.1 Å². The molecule has 1 aliphatic heterocycles. The summed E-state index contributed by atoms with van der Waals surface area (Å²) in [6.07, 6.45) is 0.534. The number of rotatable bonds is 3. The Labute approximate surface area is 145 Å². The highest BCUT2D eigenvalue weighted by Gasteiger charge is 2.37. The molecule has 26 heavy (non-hydrogen) atoms. The maximum atomic E-state index is 14.2. The second-order valence-corrected chi connectivity index (χ2v) is 5.67. The number of carbonyl (C=O) groups excluding carboxylic acids is 1. The SMILES string of the molecule is N#Cc1ccc(CC2OC(=O)c3c(-c4ccco4)nc(=O)[nH]c32)c(F)c1. The fraction of sp³-hybridized carbons (Fsp3) is 0.111. The molecule has 0 spiro atoms. The Morgan fingerprint density at radius 1 is 1.31 bits per heavy atom. The van der Waals surface area contributed by atoms with Crippen molar-refractivity contribution in [3.63, 3.8) is 0 Å². The minimum Gasteiger partial charge on any atom is -0.463 e. The van der Waals surface area contributed by atoms with E-state index in [0.29, 0.717) is 0 Å². The van der Waals surface area contributed by atoms with Crippen LogP contribution in [0.2, 0.25) is 0 Å². The van der Waals surface area contributed by atoms with Gasteiger partial charge >= 0.3 is 11.7 Å². The molecule has 7 nitrogen and oxygen atoms in total. The van der Waals surface area contributed by atoms with Crippen LogP contribution in [-0.4, -0.2) is 15.9 Å². The smallest absolute Gasteiger partial charge is 0.345 e. The molecule has 1 N–H and O–H groups in total. The number of benzene rings is 1. The summed E-state index contributed by atoms with van der Waals surface area (Å²) in [6, 6.07) is 9.06.